The predicted octanol–water partition coefficient (Wildman–Crippen LogP) is 2.36. The van der Waals surface area contributed by atoms with Gasteiger partial charge in [0.05, 0.1) is 12.0 Å². The molecule has 0 amide bonds. The number of carbonyl (C=O) groups excluding carboxylic acids is 2. The minimum absolute atomic E-state index is 0.0342. The van der Waals surface area contributed by atoms with Crippen molar-refractivity contribution in [3.8, 4) is 0 Å². The highest BCUT2D eigenvalue weighted by Crippen LogP contribution is 2.24. The van der Waals surface area contributed by atoms with Crippen molar-refractivity contribution in [3.63, 3.8) is 0 Å². The third-order valence-electron chi connectivity index (χ3n) is 3.17. The Labute approximate surface area is 108 Å². The SMILES string of the molecule is C=C(C)C(=O)CC/C(C)=C/[C@H]1C(=O)C(C)=C[C@@H]1O. The number of rotatable bonds is 5. The highest BCUT2D eigenvalue weighted by molar-refractivity contribution is 6.01. The molecule has 0 aromatic carbocycles. The third-order valence-corrected chi connectivity index (χ3v) is 3.17. The van der Waals surface area contributed by atoms with Gasteiger partial charge in [0.15, 0.2) is 11.6 Å². The van der Waals surface area contributed by atoms with E-state index in [1.807, 2.05) is 6.92 Å². The summed E-state index contributed by atoms with van der Waals surface area (Å²) < 4.78 is 0. The molecule has 0 saturated carbocycles. The summed E-state index contributed by atoms with van der Waals surface area (Å²) in [6.45, 7) is 8.87. The van der Waals surface area contributed by atoms with Gasteiger partial charge in [0.25, 0.3) is 0 Å². The first kappa shape index (κ1) is 14.6. The zero-order valence-electron chi connectivity index (χ0n) is 11.2. The summed E-state index contributed by atoms with van der Waals surface area (Å²) in [5, 5.41) is 9.72. The maximum Gasteiger partial charge on any atom is 0.168 e. The number of allylic oxidation sites excluding steroid dienone is 3. The maximum absolute atomic E-state index is 11.7. The van der Waals surface area contributed by atoms with Crippen molar-refractivity contribution in [2.24, 2.45) is 5.92 Å². The number of carbonyl (C=O) groups is 2. The lowest BCUT2D eigenvalue weighted by atomic mass is 9.96. The second kappa shape index (κ2) is 5.91. The van der Waals surface area contributed by atoms with E-state index in [4.69, 9.17) is 0 Å². The maximum atomic E-state index is 11.7. The number of aliphatic hydroxyl groups is 1. The van der Waals surface area contributed by atoms with Crippen LogP contribution in [-0.2, 0) is 9.59 Å². The number of hydrogen-bond acceptors (Lipinski definition) is 3. The van der Waals surface area contributed by atoms with Crippen LogP contribution in [0.25, 0.3) is 0 Å². The van der Waals surface area contributed by atoms with E-state index >= 15 is 0 Å². The molecule has 0 saturated heterocycles. The highest BCUT2D eigenvalue weighted by atomic mass is 16.3. The average Bonchev–Trinajstić information content (AvgIpc) is 2.52. The Bertz CT molecular complexity index is 441. The zero-order valence-corrected chi connectivity index (χ0v) is 11.2. The van der Waals surface area contributed by atoms with E-state index in [0.717, 1.165) is 5.57 Å². The monoisotopic (exact) mass is 248 g/mol. The normalized spacial score (nSPS) is 24.1. The Morgan fingerprint density at radius 2 is 2.06 bits per heavy atom. The van der Waals surface area contributed by atoms with Crippen molar-refractivity contribution in [2.75, 3.05) is 0 Å². The Kier molecular flexibility index (Phi) is 4.79. The van der Waals surface area contributed by atoms with Gasteiger partial charge in [-0.25, -0.2) is 0 Å². The molecule has 1 rings (SSSR count). The largest absolute Gasteiger partial charge is 0.388 e. The van der Waals surface area contributed by atoms with Crippen molar-refractivity contribution in [1.82, 2.24) is 0 Å². The molecule has 0 spiro atoms. The van der Waals surface area contributed by atoms with E-state index in [1.165, 1.54) is 0 Å². The van der Waals surface area contributed by atoms with Crippen LogP contribution < -0.4 is 0 Å². The first-order valence-electron chi connectivity index (χ1n) is 6.09. The van der Waals surface area contributed by atoms with E-state index in [2.05, 4.69) is 6.58 Å². The lowest BCUT2D eigenvalue weighted by molar-refractivity contribution is -0.118. The van der Waals surface area contributed by atoms with Gasteiger partial charge < -0.3 is 5.11 Å². The molecule has 0 fully saturated rings. The van der Waals surface area contributed by atoms with Gasteiger partial charge in [-0.05, 0) is 44.4 Å². The summed E-state index contributed by atoms with van der Waals surface area (Å²) >= 11 is 0. The molecule has 0 unspecified atom stereocenters. The first-order valence-corrected chi connectivity index (χ1v) is 6.09. The van der Waals surface area contributed by atoms with Gasteiger partial charge in [0.2, 0.25) is 0 Å². The molecule has 0 radical (unpaired) electrons. The Morgan fingerprint density at radius 3 is 2.50 bits per heavy atom. The van der Waals surface area contributed by atoms with Crippen LogP contribution in [0.5, 0.6) is 0 Å². The molecule has 0 aromatic rings. The van der Waals surface area contributed by atoms with Crippen LogP contribution in [0.15, 0.2) is 35.5 Å². The van der Waals surface area contributed by atoms with Crippen molar-refractivity contribution in [1.29, 1.82) is 0 Å². The van der Waals surface area contributed by atoms with Crippen LogP contribution in [0.2, 0.25) is 0 Å². The van der Waals surface area contributed by atoms with Crippen LogP contribution >= 0.6 is 0 Å². The molecule has 2 atom stereocenters. The van der Waals surface area contributed by atoms with Crippen molar-refractivity contribution < 1.29 is 14.7 Å². The summed E-state index contributed by atoms with van der Waals surface area (Å²) in [6.07, 6.45) is 3.62. The topological polar surface area (TPSA) is 54.4 Å². The van der Waals surface area contributed by atoms with Crippen molar-refractivity contribution in [2.45, 2.75) is 39.7 Å². The molecule has 0 aliphatic heterocycles. The van der Waals surface area contributed by atoms with E-state index < -0.39 is 12.0 Å². The molecular formula is C15H20O3. The molecular weight excluding hydrogens is 228 g/mol. The Morgan fingerprint density at radius 1 is 1.44 bits per heavy atom. The summed E-state index contributed by atoms with van der Waals surface area (Å²) in [4.78, 5) is 23.2. The van der Waals surface area contributed by atoms with Gasteiger partial charge in [0.1, 0.15) is 0 Å². The molecule has 18 heavy (non-hydrogen) atoms. The number of hydrogen-bond donors (Lipinski definition) is 1. The van der Waals surface area contributed by atoms with Gasteiger partial charge in [-0.3, -0.25) is 9.59 Å². The van der Waals surface area contributed by atoms with Crippen molar-refractivity contribution in [3.05, 3.63) is 35.5 Å². The molecule has 0 aromatic heterocycles. The Hall–Kier alpha value is -1.48. The fraction of sp³-hybridized carbons (Fsp3) is 0.467. The van der Waals surface area contributed by atoms with Crippen LogP contribution in [-0.4, -0.2) is 22.8 Å². The van der Waals surface area contributed by atoms with Gasteiger partial charge in [-0.15, -0.1) is 0 Å². The molecule has 0 bridgehead atoms. The molecule has 1 aliphatic rings. The van der Waals surface area contributed by atoms with Crippen LogP contribution in [0.3, 0.4) is 0 Å². The zero-order chi connectivity index (χ0) is 13.9. The van der Waals surface area contributed by atoms with E-state index in [9.17, 15) is 14.7 Å². The lowest BCUT2D eigenvalue weighted by Crippen LogP contribution is -2.18. The predicted molar refractivity (Wildman–Crippen MR) is 71.1 cm³/mol. The summed E-state index contributed by atoms with van der Waals surface area (Å²) in [5.74, 6) is -0.478. The lowest BCUT2D eigenvalue weighted by Gasteiger charge is -2.10. The summed E-state index contributed by atoms with van der Waals surface area (Å²) in [6, 6.07) is 0. The molecule has 3 nitrogen and oxygen atoms in total. The highest BCUT2D eigenvalue weighted by Gasteiger charge is 2.30. The van der Waals surface area contributed by atoms with Crippen LogP contribution in [0.4, 0.5) is 0 Å². The Balaban J connectivity index is 2.60. The second-order valence-electron chi connectivity index (χ2n) is 4.95. The van der Waals surface area contributed by atoms with Gasteiger partial charge in [0, 0.05) is 6.42 Å². The van der Waals surface area contributed by atoms with Crippen molar-refractivity contribution >= 4 is 11.6 Å². The number of aliphatic hydroxyl groups excluding tert-OH is 1. The number of ketones is 2. The number of Topliss-reactive ketones (excluding diaryl/α,β-unsaturated/α-hetero) is 2. The fourth-order valence-electron chi connectivity index (χ4n) is 1.95. The fourth-order valence-corrected chi connectivity index (χ4v) is 1.95. The quantitative estimate of drug-likeness (QED) is 0.600. The summed E-state index contributed by atoms with van der Waals surface area (Å²) in [5.41, 5.74) is 2.11. The van der Waals surface area contributed by atoms with Gasteiger partial charge in [-0.2, -0.15) is 0 Å². The standard InChI is InChI=1S/C15H20O3/c1-9(2)13(16)6-5-10(3)7-12-14(17)8-11(4)15(12)18/h7-8,12,14,17H,1,5-6H2,2-4H3/b10-7+/t12-,14+/m1/s1. The van der Waals surface area contributed by atoms with E-state index in [1.54, 1.807) is 26.0 Å². The van der Waals surface area contributed by atoms with Crippen LogP contribution in [0, 0.1) is 5.92 Å². The second-order valence-corrected chi connectivity index (χ2v) is 4.95. The molecule has 3 heteroatoms. The average molecular weight is 248 g/mol. The molecule has 1 aliphatic carbocycles. The minimum atomic E-state index is -0.732. The molecule has 98 valence electrons. The molecule has 1 N–H and O–H groups in total. The van der Waals surface area contributed by atoms with E-state index in [-0.39, 0.29) is 11.6 Å². The first-order chi connectivity index (χ1) is 8.32. The minimum Gasteiger partial charge on any atom is -0.388 e. The smallest absolute Gasteiger partial charge is 0.168 e. The van der Waals surface area contributed by atoms with E-state index in [0.29, 0.717) is 24.0 Å². The molecule has 0 heterocycles. The van der Waals surface area contributed by atoms with Gasteiger partial charge >= 0.3 is 0 Å². The third kappa shape index (κ3) is 3.50. The van der Waals surface area contributed by atoms with Crippen LogP contribution in [0.1, 0.15) is 33.6 Å². The summed E-state index contributed by atoms with van der Waals surface area (Å²) in [7, 11) is 0. The van der Waals surface area contributed by atoms with Gasteiger partial charge in [-0.1, -0.05) is 18.2 Å².